The van der Waals surface area contributed by atoms with Gasteiger partial charge in [-0.1, -0.05) is 24.3 Å². The number of nitrogens with zero attached hydrogens (tertiary/aromatic N) is 2. The highest BCUT2D eigenvalue weighted by molar-refractivity contribution is 7.71. The molecule has 0 saturated carbocycles. The number of aromatic amines is 1. The first kappa shape index (κ1) is 19.6. The van der Waals surface area contributed by atoms with Gasteiger partial charge in [-0.15, -0.1) is 6.58 Å². The van der Waals surface area contributed by atoms with Crippen LogP contribution in [0.2, 0.25) is 0 Å². The second-order valence-electron chi connectivity index (χ2n) is 6.41. The summed E-state index contributed by atoms with van der Waals surface area (Å²) in [5.74, 6) is -0.196. The van der Waals surface area contributed by atoms with E-state index in [9.17, 15) is 9.59 Å². The Morgan fingerprint density at radius 2 is 2.04 bits per heavy atom. The van der Waals surface area contributed by atoms with Crippen LogP contribution in [0.3, 0.4) is 0 Å². The molecule has 0 spiro atoms. The van der Waals surface area contributed by atoms with E-state index in [0.29, 0.717) is 40.9 Å². The van der Waals surface area contributed by atoms with Gasteiger partial charge in [0.2, 0.25) is 0 Å². The van der Waals surface area contributed by atoms with Crippen molar-refractivity contribution in [2.45, 2.75) is 6.54 Å². The summed E-state index contributed by atoms with van der Waals surface area (Å²) in [6, 6.07) is 14.9. The Kier molecular flexibility index (Phi) is 6.06. The number of hydrogen-bond donors (Lipinski definition) is 2. The molecule has 0 aliphatic heterocycles. The van der Waals surface area contributed by atoms with Crippen LogP contribution in [0.1, 0.15) is 10.4 Å². The zero-order valence-electron chi connectivity index (χ0n) is 15.6. The van der Waals surface area contributed by atoms with Crippen molar-refractivity contribution >= 4 is 34.7 Å². The molecule has 0 saturated heterocycles. The maximum Gasteiger partial charge on any atom is 0.262 e. The van der Waals surface area contributed by atoms with Gasteiger partial charge >= 0.3 is 0 Å². The van der Waals surface area contributed by atoms with Crippen molar-refractivity contribution in [2.24, 2.45) is 0 Å². The molecule has 7 heteroatoms. The summed E-state index contributed by atoms with van der Waals surface area (Å²) >= 11 is 5.24. The summed E-state index contributed by atoms with van der Waals surface area (Å²) < 4.78 is 1.74. The van der Waals surface area contributed by atoms with E-state index in [1.165, 1.54) is 4.57 Å². The van der Waals surface area contributed by atoms with Crippen molar-refractivity contribution in [1.82, 2.24) is 14.9 Å². The number of likely N-dealkylation sites (N-methyl/N-ethyl adjacent to an activating group) is 1. The fourth-order valence-electron chi connectivity index (χ4n) is 2.94. The third-order valence-electron chi connectivity index (χ3n) is 4.49. The Morgan fingerprint density at radius 1 is 1.29 bits per heavy atom. The Morgan fingerprint density at radius 3 is 2.75 bits per heavy atom. The average Bonchev–Trinajstić information content (AvgIpc) is 2.71. The van der Waals surface area contributed by atoms with Crippen LogP contribution in [-0.4, -0.2) is 35.6 Å². The highest BCUT2D eigenvalue weighted by Crippen LogP contribution is 2.12. The number of carbonyl (C=O) groups excluding carboxylic acids is 1. The minimum atomic E-state index is -0.199. The van der Waals surface area contributed by atoms with Crippen LogP contribution in [0.25, 0.3) is 10.9 Å². The van der Waals surface area contributed by atoms with Crippen molar-refractivity contribution in [3.63, 3.8) is 0 Å². The van der Waals surface area contributed by atoms with Crippen LogP contribution in [0.4, 0.5) is 5.69 Å². The largest absolute Gasteiger partial charge is 0.373 e. The van der Waals surface area contributed by atoms with E-state index in [2.05, 4.69) is 21.8 Å². The van der Waals surface area contributed by atoms with Crippen molar-refractivity contribution < 1.29 is 4.79 Å². The number of hydrogen-bond acceptors (Lipinski definition) is 4. The molecule has 2 N–H and O–H groups in total. The Labute approximate surface area is 168 Å². The molecule has 1 heterocycles. The van der Waals surface area contributed by atoms with Crippen LogP contribution in [0, 0.1) is 4.77 Å². The number of aromatic nitrogens is 2. The standard InChI is InChI=1S/C21H22N4O2S/c1-3-12-25-20(27)17-10-9-15(14-18(17)23-21(25)28)19(26)22-11-13-24(2)16-7-5-4-6-8-16/h3-10,14H,1,11-13H2,2H3,(H,22,26)(H,23,28). The zero-order valence-corrected chi connectivity index (χ0v) is 16.5. The molecule has 1 aromatic heterocycles. The van der Waals surface area contributed by atoms with Gasteiger partial charge in [-0.2, -0.15) is 0 Å². The Hall–Kier alpha value is -3.19. The monoisotopic (exact) mass is 394 g/mol. The lowest BCUT2D eigenvalue weighted by atomic mass is 10.1. The summed E-state index contributed by atoms with van der Waals surface area (Å²) in [5, 5.41) is 3.39. The smallest absolute Gasteiger partial charge is 0.262 e. The van der Waals surface area contributed by atoms with E-state index in [-0.39, 0.29) is 11.5 Å². The zero-order chi connectivity index (χ0) is 20.1. The topological polar surface area (TPSA) is 70.1 Å². The number of fused-ring (bicyclic) bond motifs is 1. The highest BCUT2D eigenvalue weighted by atomic mass is 32.1. The van der Waals surface area contributed by atoms with Gasteiger partial charge in [0.1, 0.15) is 0 Å². The number of carbonyl (C=O) groups is 1. The number of amides is 1. The molecule has 6 nitrogen and oxygen atoms in total. The summed E-state index contributed by atoms with van der Waals surface area (Å²) in [6.07, 6.45) is 1.62. The van der Waals surface area contributed by atoms with Gasteiger partial charge in [0.25, 0.3) is 11.5 Å². The van der Waals surface area contributed by atoms with Gasteiger partial charge in [0.15, 0.2) is 4.77 Å². The molecule has 144 valence electrons. The quantitative estimate of drug-likeness (QED) is 0.477. The van der Waals surface area contributed by atoms with Crippen molar-refractivity contribution in [3.05, 3.63) is 81.9 Å². The first-order valence-electron chi connectivity index (χ1n) is 8.93. The first-order chi connectivity index (χ1) is 13.5. The minimum Gasteiger partial charge on any atom is -0.373 e. The normalized spacial score (nSPS) is 10.6. The molecular weight excluding hydrogens is 372 g/mol. The van der Waals surface area contributed by atoms with Crippen molar-refractivity contribution in [1.29, 1.82) is 0 Å². The number of H-pyrrole nitrogens is 1. The van der Waals surface area contributed by atoms with E-state index in [0.717, 1.165) is 5.69 Å². The number of rotatable bonds is 7. The van der Waals surface area contributed by atoms with E-state index in [4.69, 9.17) is 12.2 Å². The lowest BCUT2D eigenvalue weighted by molar-refractivity contribution is 0.0955. The molecule has 0 aliphatic rings. The molecule has 3 aromatic rings. The molecule has 0 bridgehead atoms. The van der Waals surface area contributed by atoms with E-state index in [1.54, 1.807) is 24.3 Å². The van der Waals surface area contributed by atoms with Crippen LogP contribution >= 0.6 is 12.2 Å². The Balaban J connectivity index is 1.72. The van der Waals surface area contributed by atoms with E-state index in [1.807, 2.05) is 37.4 Å². The molecular formula is C21H22N4O2S. The predicted molar refractivity (Wildman–Crippen MR) is 116 cm³/mol. The first-order valence-corrected chi connectivity index (χ1v) is 9.34. The van der Waals surface area contributed by atoms with Gasteiger partial charge in [-0.05, 0) is 42.5 Å². The molecule has 28 heavy (non-hydrogen) atoms. The van der Waals surface area contributed by atoms with Crippen LogP contribution < -0.4 is 15.8 Å². The molecule has 1 amide bonds. The molecule has 0 radical (unpaired) electrons. The van der Waals surface area contributed by atoms with Gasteiger partial charge in [-0.25, -0.2) is 0 Å². The second kappa shape index (κ2) is 8.67. The number of allylic oxidation sites excluding steroid dienone is 1. The van der Waals surface area contributed by atoms with Gasteiger partial charge in [0.05, 0.1) is 10.9 Å². The third kappa shape index (κ3) is 4.20. The summed E-state index contributed by atoms with van der Waals surface area (Å²) in [6.45, 7) is 5.15. The maximum atomic E-state index is 12.5. The summed E-state index contributed by atoms with van der Waals surface area (Å²) in [5.41, 5.74) is 1.91. The van der Waals surface area contributed by atoms with Gasteiger partial charge in [0, 0.05) is 37.9 Å². The fraction of sp³-hybridized carbons (Fsp3) is 0.190. The summed E-state index contributed by atoms with van der Waals surface area (Å²) in [4.78, 5) is 30.1. The van der Waals surface area contributed by atoms with Crippen LogP contribution in [0.15, 0.2) is 66.0 Å². The fourth-order valence-corrected chi connectivity index (χ4v) is 3.21. The van der Waals surface area contributed by atoms with E-state index >= 15 is 0 Å². The highest BCUT2D eigenvalue weighted by Gasteiger charge is 2.10. The molecule has 2 aromatic carbocycles. The predicted octanol–water partition coefficient (Wildman–Crippen LogP) is 3.11. The van der Waals surface area contributed by atoms with Crippen LogP contribution in [0.5, 0.6) is 0 Å². The lowest BCUT2D eigenvalue weighted by Crippen LogP contribution is -2.33. The van der Waals surface area contributed by atoms with Crippen molar-refractivity contribution in [3.8, 4) is 0 Å². The Bertz CT molecular complexity index is 1120. The number of para-hydroxylation sites is 1. The number of nitrogens with one attached hydrogen (secondary N) is 2. The SMILES string of the molecule is C=CCn1c(=S)[nH]c2cc(C(=O)NCCN(C)c3ccccc3)ccc2c1=O. The number of benzene rings is 2. The third-order valence-corrected chi connectivity index (χ3v) is 4.81. The molecule has 0 fully saturated rings. The van der Waals surface area contributed by atoms with E-state index < -0.39 is 0 Å². The summed E-state index contributed by atoms with van der Waals surface area (Å²) in [7, 11) is 1.98. The van der Waals surface area contributed by atoms with Gasteiger partial charge in [-0.3, -0.25) is 14.2 Å². The lowest BCUT2D eigenvalue weighted by Gasteiger charge is -2.19. The molecule has 0 atom stereocenters. The molecule has 0 unspecified atom stereocenters. The van der Waals surface area contributed by atoms with Gasteiger partial charge < -0.3 is 15.2 Å². The second-order valence-corrected chi connectivity index (χ2v) is 6.79. The molecule has 0 aliphatic carbocycles. The van der Waals surface area contributed by atoms with Crippen molar-refractivity contribution in [2.75, 3.05) is 25.0 Å². The number of anilines is 1. The maximum absolute atomic E-state index is 12.5. The van der Waals surface area contributed by atoms with Crippen LogP contribution in [-0.2, 0) is 6.54 Å². The molecule has 3 rings (SSSR count). The minimum absolute atomic E-state index is 0.196. The average molecular weight is 395 g/mol.